The topological polar surface area (TPSA) is 17.1 Å². The number of thiophene rings is 1. The Bertz CT molecular complexity index is 143. The third-order valence-corrected chi connectivity index (χ3v) is 1.86. The van der Waals surface area contributed by atoms with E-state index < -0.39 is 0 Å². The van der Waals surface area contributed by atoms with E-state index in [0.717, 1.165) is 5.62 Å². The molecular formula is C5H5OS+. The lowest BCUT2D eigenvalue weighted by atomic mass is 10.7. The lowest BCUT2D eigenvalue weighted by Gasteiger charge is -1.55. The van der Waals surface area contributed by atoms with Crippen molar-refractivity contribution in [3.05, 3.63) is 22.9 Å². The van der Waals surface area contributed by atoms with Crippen LogP contribution in [0.3, 0.4) is 0 Å². The van der Waals surface area contributed by atoms with Crippen LogP contribution >= 0.6 is 10.5 Å². The highest BCUT2D eigenvalue weighted by Gasteiger charge is 1.93. The van der Waals surface area contributed by atoms with Crippen LogP contribution in [0.25, 0.3) is 0 Å². The van der Waals surface area contributed by atoms with Crippen LogP contribution in [0.2, 0.25) is 0 Å². The van der Waals surface area contributed by atoms with E-state index in [0.29, 0.717) is 0 Å². The summed E-state index contributed by atoms with van der Waals surface area (Å²) in [6.45, 7) is 0. The van der Waals surface area contributed by atoms with Crippen molar-refractivity contribution in [1.82, 2.24) is 0 Å². The smallest absolute Gasteiger partial charge is 0.235 e. The summed E-state index contributed by atoms with van der Waals surface area (Å²) >= 11 is 0. The van der Waals surface area contributed by atoms with Crippen molar-refractivity contribution in [3.8, 4) is 0 Å². The van der Waals surface area contributed by atoms with Gasteiger partial charge in [-0.05, 0) is 12.1 Å². The van der Waals surface area contributed by atoms with Gasteiger partial charge in [-0.15, -0.1) is 0 Å². The summed E-state index contributed by atoms with van der Waals surface area (Å²) in [5.74, 6) is 0. The van der Waals surface area contributed by atoms with Crippen molar-refractivity contribution in [2.45, 2.75) is 0 Å². The summed E-state index contributed by atoms with van der Waals surface area (Å²) in [4.78, 5) is 9.92. The third-order valence-electron chi connectivity index (χ3n) is 0.694. The molecule has 0 saturated heterocycles. The molecule has 0 saturated carbocycles. The van der Waals surface area contributed by atoms with Crippen molar-refractivity contribution < 1.29 is 4.79 Å². The highest BCUT2D eigenvalue weighted by Crippen LogP contribution is 2.09. The molecule has 1 nitrogen and oxygen atoms in total. The van der Waals surface area contributed by atoms with E-state index in [-0.39, 0.29) is 10.5 Å². The Morgan fingerprint density at radius 1 is 1.29 bits per heavy atom. The Labute approximate surface area is 44.6 Å². The molecule has 0 aliphatic carbocycles. The van der Waals surface area contributed by atoms with Gasteiger partial charge in [-0.2, -0.15) is 0 Å². The predicted molar refractivity (Wildman–Crippen MR) is 31.1 cm³/mol. The van der Waals surface area contributed by atoms with E-state index in [1.54, 1.807) is 0 Å². The van der Waals surface area contributed by atoms with Crippen molar-refractivity contribution in [2.24, 2.45) is 0 Å². The molecule has 0 bridgehead atoms. The van der Waals surface area contributed by atoms with Gasteiger partial charge in [0, 0.05) is 10.5 Å². The normalized spacial score (nSPS) is 8.57. The summed E-state index contributed by atoms with van der Waals surface area (Å²) in [6, 6.07) is 3.77. The maximum Gasteiger partial charge on any atom is 0.343 e. The highest BCUT2D eigenvalue weighted by molar-refractivity contribution is 7.45. The number of carbonyl (C=O) groups is 1. The minimum Gasteiger partial charge on any atom is -0.235 e. The Morgan fingerprint density at radius 2 is 1.86 bits per heavy atom. The van der Waals surface area contributed by atoms with E-state index in [4.69, 9.17) is 0 Å². The van der Waals surface area contributed by atoms with Crippen LogP contribution in [0.5, 0.6) is 0 Å². The molecule has 0 aromatic carbocycles. The molecule has 0 N–H and O–H groups in total. The van der Waals surface area contributed by atoms with Gasteiger partial charge in [0.1, 0.15) is 10.8 Å². The first-order valence-electron chi connectivity index (χ1n) is 1.94. The predicted octanol–water partition coefficient (Wildman–Crippen LogP) is 1.47. The van der Waals surface area contributed by atoms with Gasteiger partial charge in [-0.25, -0.2) is 4.79 Å². The molecule has 7 heavy (non-hydrogen) atoms. The zero-order valence-corrected chi connectivity index (χ0v) is 4.52. The molecule has 1 heterocycles. The molecule has 1 aromatic rings. The van der Waals surface area contributed by atoms with Crippen molar-refractivity contribution in [2.75, 3.05) is 0 Å². The number of hydrogen-bond acceptors (Lipinski definition) is 1. The summed E-state index contributed by atoms with van der Waals surface area (Å²) < 4.78 is 0. The third kappa shape index (κ3) is 0.871. The molecule has 1 rings (SSSR count). The second-order valence-electron chi connectivity index (χ2n) is 1.16. The Balaban J connectivity index is 2.96. The molecule has 0 spiro atoms. The summed E-state index contributed by atoms with van der Waals surface area (Å²) in [5.41, 5.74) is 0.944. The SMILES string of the molecule is O=C[s+]1cccc1. The number of hydrogen-bond donors (Lipinski definition) is 0. The zero-order chi connectivity index (χ0) is 5.11. The number of carbonyl (C=O) groups excluding carboxylic acids is 1. The molecule has 1 aromatic heterocycles. The van der Waals surface area contributed by atoms with Gasteiger partial charge in [0.15, 0.2) is 0 Å². The van der Waals surface area contributed by atoms with E-state index in [2.05, 4.69) is 0 Å². The minimum atomic E-state index is -0.176. The van der Waals surface area contributed by atoms with Crippen LogP contribution in [0, 0.1) is 0 Å². The zero-order valence-electron chi connectivity index (χ0n) is 3.70. The second kappa shape index (κ2) is 1.89. The average molecular weight is 113 g/mol. The summed E-state index contributed by atoms with van der Waals surface area (Å²) in [5, 5.41) is 3.76. The molecule has 0 aliphatic rings. The van der Waals surface area contributed by atoms with Gasteiger partial charge in [0.05, 0.1) is 0 Å². The largest absolute Gasteiger partial charge is 0.343 e. The van der Waals surface area contributed by atoms with E-state index in [9.17, 15) is 4.79 Å². The van der Waals surface area contributed by atoms with Crippen LogP contribution in [0.1, 0.15) is 0 Å². The molecule has 0 aliphatic heterocycles. The monoisotopic (exact) mass is 113 g/mol. The van der Waals surface area contributed by atoms with Crippen molar-refractivity contribution in [3.63, 3.8) is 0 Å². The molecular weight excluding hydrogens is 108 g/mol. The quantitative estimate of drug-likeness (QED) is 0.398. The highest BCUT2D eigenvalue weighted by atomic mass is 32.2. The number of rotatable bonds is 1. The first kappa shape index (κ1) is 4.53. The minimum absolute atomic E-state index is 0.176. The molecule has 0 atom stereocenters. The molecule has 0 unspecified atom stereocenters. The van der Waals surface area contributed by atoms with Crippen LogP contribution in [0.4, 0.5) is 0 Å². The van der Waals surface area contributed by atoms with E-state index in [1.807, 2.05) is 22.9 Å². The van der Waals surface area contributed by atoms with Crippen LogP contribution in [-0.4, -0.2) is 5.62 Å². The van der Waals surface area contributed by atoms with Crippen molar-refractivity contribution >= 4 is 16.1 Å². The van der Waals surface area contributed by atoms with Gasteiger partial charge >= 0.3 is 5.62 Å². The molecule has 0 amide bonds. The maximum atomic E-state index is 9.92. The van der Waals surface area contributed by atoms with Crippen molar-refractivity contribution in [1.29, 1.82) is 0 Å². The fourth-order valence-corrected chi connectivity index (χ4v) is 1.15. The summed E-state index contributed by atoms with van der Waals surface area (Å²) in [7, 11) is -0.176. The standard InChI is InChI=1S/C5H5OS/c6-5-7-3-1-2-4-7/h1-5H/q+1. The Hall–Kier alpha value is -0.630. The summed E-state index contributed by atoms with van der Waals surface area (Å²) in [6.07, 6.45) is 0. The van der Waals surface area contributed by atoms with Crippen LogP contribution in [-0.2, 0) is 4.79 Å². The Kier molecular flexibility index (Phi) is 1.22. The fourth-order valence-electron chi connectivity index (χ4n) is 0.382. The maximum absolute atomic E-state index is 9.92. The van der Waals surface area contributed by atoms with E-state index >= 15 is 0 Å². The van der Waals surface area contributed by atoms with Gasteiger partial charge in [-0.3, -0.25) is 0 Å². The van der Waals surface area contributed by atoms with Gasteiger partial charge in [-0.1, -0.05) is 0 Å². The van der Waals surface area contributed by atoms with E-state index in [1.165, 1.54) is 0 Å². The molecule has 0 radical (unpaired) electrons. The van der Waals surface area contributed by atoms with Crippen LogP contribution in [0.15, 0.2) is 22.9 Å². The second-order valence-corrected chi connectivity index (χ2v) is 2.71. The lowest BCUT2D eigenvalue weighted by molar-refractivity contribution is 0.569. The van der Waals surface area contributed by atoms with Crippen LogP contribution < -0.4 is 0 Å². The molecule has 36 valence electrons. The first-order chi connectivity index (χ1) is 3.43. The first-order valence-corrected chi connectivity index (χ1v) is 3.36. The van der Waals surface area contributed by atoms with Gasteiger partial charge in [0.2, 0.25) is 0 Å². The fraction of sp³-hybridized carbons (Fsp3) is 0. The van der Waals surface area contributed by atoms with Gasteiger partial charge in [0.25, 0.3) is 0 Å². The Morgan fingerprint density at radius 3 is 2.14 bits per heavy atom. The van der Waals surface area contributed by atoms with Gasteiger partial charge < -0.3 is 0 Å². The average Bonchev–Trinajstić information content (AvgIpc) is 2.14. The lowest BCUT2D eigenvalue weighted by Crippen LogP contribution is -1.50. The molecule has 0 fully saturated rings. The molecule has 2 heteroatoms.